The van der Waals surface area contributed by atoms with E-state index in [0.717, 1.165) is 24.5 Å². The van der Waals surface area contributed by atoms with Crippen LogP contribution in [0.1, 0.15) is 32.3 Å². The third-order valence-electron chi connectivity index (χ3n) is 8.32. The number of hydrogen-bond donors (Lipinski definition) is 2. The lowest BCUT2D eigenvalue weighted by atomic mass is 10.00. The molecule has 0 saturated carbocycles. The van der Waals surface area contributed by atoms with Crippen molar-refractivity contribution in [2.45, 2.75) is 43.8 Å². The first-order valence-electron chi connectivity index (χ1n) is 16.8. The van der Waals surface area contributed by atoms with Crippen molar-refractivity contribution >= 4 is 63.2 Å². The van der Waals surface area contributed by atoms with Crippen LogP contribution in [0.25, 0.3) is 16.8 Å². The molecule has 0 bridgehead atoms. The van der Waals surface area contributed by atoms with E-state index in [2.05, 4.69) is 15.4 Å². The Labute approximate surface area is 330 Å². The molecule has 0 aliphatic heterocycles. The van der Waals surface area contributed by atoms with Gasteiger partial charge in [-0.1, -0.05) is 38.1 Å². The fourth-order valence-corrected chi connectivity index (χ4v) is 5.72. The average molecular weight is 837 g/mol. The van der Waals surface area contributed by atoms with Crippen molar-refractivity contribution < 1.29 is 54.6 Å². The third-order valence-corrected chi connectivity index (χ3v) is 9.43. The minimum Gasteiger partial charge on any atom is -0.482 e. The molecule has 20 heteroatoms. The Balaban J connectivity index is 0.00000720. The zero-order chi connectivity index (χ0) is 40.9. The zero-order valence-electron chi connectivity index (χ0n) is 30.7. The Kier molecular flexibility index (Phi) is 13.9. The quantitative estimate of drug-likeness (QED) is 0.0722. The van der Waals surface area contributed by atoms with Crippen molar-refractivity contribution in [3.8, 4) is 16.9 Å². The van der Waals surface area contributed by atoms with E-state index in [1.807, 2.05) is 0 Å². The fraction of sp³-hybridized carbons (Fsp3) is 0.270. The maximum atomic E-state index is 13.6. The summed E-state index contributed by atoms with van der Waals surface area (Å²) in [6.07, 6.45) is -3.80. The molecule has 0 radical (unpaired) electrons. The fourth-order valence-electron chi connectivity index (χ4n) is 5.08. The standard InChI is InChI=1S/C37H36F4N6O8S.ClH/c1-21(2)32(42)34(49)54-20-55-36(50)47(29-15-14-28(56(4,51)52)17-30(29)53-19-37(39,40)41)35-44-31-16-9-25(18-46(31)45-35)24-7-12-27(13-8-24)43-33(48)22(3)23-5-10-26(38)11-6-23;/h5-18,21-22,32H,19-20,42H2,1-4H3,(H,43,48);1H/t22-,32+;/m1./s1. The van der Waals surface area contributed by atoms with Crippen molar-refractivity contribution in [3.05, 3.63) is 96.4 Å². The summed E-state index contributed by atoms with van der Waals surface area (Å²) in [5.41, 5.74) is 7.92. The molecule has 14 nitrogen and oxygen atoms in total. The van der Waals surface area contributed by atoms with Crippen LogP contribution >= 0.6 is 12.4 Å². The Morgan fingerprint density at radius 3 is 2.19 bits per heavy atom. The van der Waals surface area contributed by atoms with Gasteiger partial charge in [-0.25, -0.2) is 27.0 Å². The number of pyridine rings is 1. The normalized spacial score (nSPS) is 12.7. The van der Waals surface area contributed by atoms with E-state index in [-0.39, 0.29) is 29.9 Å². The minimum atomic E-state index is -4.85. The third kappa shape index (κ3) is 11.2. The molecule has 0 aliphatic rings. The largest absolute Gasteiger partial charge is 0.482 e. The van der Waals surface area contributed by atoms with E-state index < -0.39 is 81.5 Å². The zero-order valence-corrected chi connectivity index (χ0v) is 32.3. The van der Waals surface area contributed by atoms with Crippen LogP contribution in [0.3, 0.4) is 0 Å². The highest BCUT2D eigenvalue weighted by molar-refractivity contribution is 7.90. The first kappa shape index (κ1) is 43.9. The summed E-state index contributed by atoms with van der Waals surface area (Å²) in [4.78, 5) is 43.3. The Bertz CT molecular complexity index is 2340. The number of carbonyl (C=O) groups excluding carboxylic acids is 3. The topological polar surface area (TPSA) is 185 Å². The molecular formula is C37H37ClF4N6O8S. The predicted molar refractivity (Wildman–Crippen MR) is 203 cm³/mol. The van der Waals surface area contributed by atoms with Crippen molar-refractivity contribution in [1.82, 2.24) is 14.6 Å². The van der Waals surface area contributed by atoms with E-state index in [9.17, 15) is 40.4 Å². The molecule has 57 heavy (non-hydrogen) atoms. The SMILES string of the molecule is CC(C)[C@H](N)C(=O)OCOC(=O)N(c1nc2ccc(-c3ccc(NC(=O)[C@H](C)c4ccc(F)cc4)cc3)cn2n1)c1ccc(S(C)(=O)=O)cc1OCC(F)(F)F.Cl. The summed E-state index contributed by atoms with van der Waals surface area (Å²) in [5.74, 6) is -3.60. The number of ether oxygens (including phenoxy) is 3. The van der Waals surface area contributed by atoms with Crippen LogP contribution in [0.4, 0.5) is 39.7 Å². The highest BCUT2D eigenvalue weighted by Gasteiger charge is 2.33. The number of nitrogens with zero attached hydrogens (tertiary/aromatic N) is 4. The minimum absolute atomic E-state index is 0. The second kappa shape index (κ2) is 18.0. The van der Waals surface area contributed by atoms with Crippen LogP contribution in [0.5, 0.6) is 5.75 Å². The number of rotatable bonds is 13. The first-order valence-corrected chi connectivity index (χ1v) is 18.7. The smallest absolute Gasteiger partial charge is 0.424 e. The van der Waals surface area contributed by atoms with Gasteiger partial charge in [0, 0.05) is 29.8 Å². The molecule has 5 rings (SSSR count). The summed E-state index contributed by atoms with van der Waals surface area (Å²) >= 11 is 0. The van der Waals surface area contributed by atoms with E-state index in [0.29, 0.717) is 27.3 Å². The highest BCUT2D eigenvalue weighted by atomic mass is 35.5. The van der Waals surface area contributed by atoms with E-state index in [4.69, 9.17) is 19.9 Å². The molecule has 2 aromatic heterocycles. The van der Waals surface area contributed by atoms with E-state index >= 15 is 0 Å². The number of esters is 1. The number of nitrogens with two attached hydrogens (primary N) is 1. The predicted octanol–water partition coefficient (Wildman–Crippen LogP) is 6.80. The molecule has 0 fully saturated rings. The number of sulfone groups is 1. The van der Waals surface area contributed by atoms with Crippen LogP contribution in [-0.4, -0.2) is 72.9 Å². The van der Waals surface area contributed by atoms with Gasteiger partial charge < -0.3 is 25.3 Å². The lowest BCUT2D eigenvalue weighted by Gasteiger charge is -2.22. The number of aromatic nitrogens is 3. The van der Waals surface area contributed by atoms with Gasteiger partial charge in [0.2, 0.25) is 12.7 Å². The molecule has 3 aromatic carbocycles. The number of fused-ring (bicyclic) bond motifs is 1. The molecule has 0 saturated heterocycles. The maximum absolute atomic E-state index is 13.6. The Morgan fingerprint density at radius 2 is 1.58 bits per heavy atom. The lowest BCUT2D eigenvalue weighted by molar-refractivity contribution is -0.154. The van der Waals surface area contributed by atoms with Crippen LogP contribution in [0.15, 0.2) is 90.0 Å². The van der Waals surface area contributed by atoms with Crippen molar-refractivity contribution in [1.29, 1.82) is 0 Å². The Hall–Kier alpha value is -5.79. The van der Waals surface area contributed by atoms with Crippen molar-refractivity contribution in [2.24, 2.45) is 11.7 Å². The molecular weight excluding hydrogens is 800 g/mol. The number of halogens is 5. The summed E-state index contributed by atoms with van der Waals surface area (Å²) in [5, 5.41) is 7.17. The van der Waals surface area contributed by atoms with Gasteiger partial charge in [-0.05, 0) is 72.5 Å². The van der Waals surface area contributed by atoms with Crippen LogP contribution in [-0.2, 0) is 28.9 Å². The van der Waals surface area contributed by atoms with E-state index in [1.54, 1.807) is 57.3 Å². The van der Waals surface area contributed by atoms with Gasteiger partial charge in [-0.2, -0.15) is 18.2 Å². The summed E-state index contributed by atoms with van der Waals surface area (Å²) < 4.78 is 94.1. The van der Waals surface area contributed by atoms with Crippen LogP contribution in [0, 0.1) is 11.7 Å². The monoisotopic (exact) mass is 836 g/mol. The van der Waals surface area contributed by atoms with Crippen LogP contribution in [0.2, 0.25) is 0 Å². The van der Waals surface area contributed by atoms with Gasteiger partial charge in [0.1, 0.15) is 17.6 Å². The molecule has 2 heterocycles. The summed E-state index contributed by atoms with van der Waals surface area (Å²) in [7, 11) is -3.96. The number of carbonyl (C=O) groups is 3. The number of anilines is 3. The number of benzene rings is 3. The van der Waals surface area contributed by atoms with Gasteiger partial charge in [-0.15, -0.1) is 17.5 Å². The average Bonchev–Trinajstić information content (AvgIpc) is 3.56. The molecule has 2 amide bonds. The maximum Gasteiger partial charge on any atom is 0.424 e. The van der Waals surface area contributed by atoms with Gasteiger partial charge in [0.15, 0.2) is 22.1 Å². The molecule has 304 valence electrons. The van der Waals surface area contributed by atoms with Gasteiger partial charge in [0.25, 0.3) is 5.95 Å². The number of nitrogens with one attached hydrogen (secondary N) is 1. The van der Waals surface area contributed by atoms with Crippen LogP contribution < -0.4 is 20.7 Å². The molecule has 0 aliphatic carbocycles. The summed E-state index contributed by atoms with van der Waals surface area (Å²) in [6.45, 7) is 2.22. The van der Waals surface area contributed by atoms with Gasteiger partial charge >= 0.3 is 18.2 Å². The summed E-state index contributed by atoms with van der Waals surface area (Å²) in [6, 6.07) is 17.4. The number of alkyl halides is 3. The molecule has 0 spiro atoms. The highest BCUT2D eigenvalue weighted by Crippen LogP contribution is 2.37. The molecule has 3 N–H and O–H groups in total. The van der Waals surface area contributed by atoms with Crippen molar-refractivity contribution in [2.75, 3.05) is 29.9 Å². The van der Waals surface area contributed by atoms with E-state index in [1.165, 1.54) is 34.8 Å². The van der Waals surface area contributed by atoms with Gasteiger partial charge in [-0.3, -0.25) is 9.59 Å². The second-order valence-corrected chi connectivity index (χ2v) is 14.9. The molecule has 5 aromatic rings. The second-order valence-electron chi connectivity index (χ2n) is 12.9. The number of amides is 2. The molecule has 2 atom stereocenters. The van der Waals surface area contributed by atoms with Gasteiger partial charge in [0.05, 0.1) is 16.5 Å². The lowest BCUT2D eigenvalue weighted by Crippen LogP contribution is -2.38. The Morgan fingerprint density at radius 1 is 0.930 bits per heavy atom. The van der Waals surface area contributed by atoms with Crippen molar-refractivity contribution in [3.63, 3.8) is 0 Å². The first-order chi connectivity index (χ1) is 26.3. The molecule has 0 unspecified atom stereocenters. The number of hydrogen-bond acceptors (Lipinski definition) is 11.